The molecule has 0 radical (unpaired) electrons. The Morgan fingerprint density at radius 2 is 2.25 bits per heavy atom. The van der Waals surface area contributed by atoms with Gasteiger partial charge < -0.3 is 5.11 Å². The zero-order valence-electron chi connectivity index (χ0n) is 6.82. The maximum Gasteiger partial charge on any atom is 0.152 e. The first-order chi connectivity index (χ1) is 5.68. The van der Waals surface area contributed by atoms with Crippen LogP contribution in [0, 0.1) is 0 Å². The third-order valence-electron chi connectivity index (χ3n) is 1.38. The Labute approximate surface area is 71.2 Å². The average Bonchev–Trinajstić information content (AvgIpc) is 2.01. The van der Waals surface area contributed by atoms with Crippen LogP contribution in [0.5, 0.6) is 5.75 Å². The number of carbonyl (C=O) groups excluding carboxylic acids is 1. The number of phenolic OH excluding ortho intramolecular Hbond substituents is 1. The SMILES string of the molecule is CC(=O)/C=C/c1cccc(O)c1. The number of carbonyl (C=O) groups is 1. The van der Waals surface area contributed by atoms with Crippen LogP contribution in [-0.4, -0.2) is 10.9 Å². The van der Waals surface area contributed by atoms with Gasteiger partial charge in [-0.15, -0.1) is 0 Å². The predicted molar refractivity (Wildman–Crippen MR) is 47.8 cm³/mol. The van der Waals surface area contributed by atoms with Gasteiger partial charge in [-0.2, -0.15) is 0 Å². The second kappa shape index (κ2) is 3.72. The molecule has 62 valence electrons. The van der Waals surface area contributed by atoms with Crippen LogP contribution in [0.2, 0.25) is 0 Å². The summed E-state index contributed by atoms with van der Waals surface area (Å²) in [7, 11) is 0. The summed E-state index contributed by atoms with van der Waals surface area (Å²) < 4.78 is 0. The maximum atomic E-state index is 10.6. The van der Waals surface area contributed by atoms with Crippen LogP contribution in [-0.2, 0) is 4.79 Å². The minimum Gasteiger partial charge on any atom is -0.508 e. The van der Waals surface area contributed by atoms with E-state index in [0.29, 0.717) is 0 Å². The standard InChI is InChI=1S/C10H10O2/c1-8(11)5-6-9-3-2-4-10(12)7-9/h2-7,12H,1H3/b6-5+. The van der Waals surface area contributed by atoms with E-state index in [9.17, 15) is 4.79 Å². The topological polar surface area (TPSA) is 37.3 Å². The minimum absolute atomic E-state index is 0.00153. The van der Waals surface area contributed by atoms with Crippen LogP contribution >= 0.6 is 0 Å². The average molecular weight is 162 g/mol. The van der Waals surface area contributed by atoms with Crippen molar-refractivity contribution in [2.75, 3.05) is 0 Å². The molecule has 0 amide bonds. The molecule has 0 saturated heterocycles. The molecule has 12 heavy (non-hydrogen) atoms. The van der Waals surface area contributed by atoms with Gasteiger partial charge >= 0.3 is 0 Å². The fourth-order valence-corrected chi connectivity index (χ4v) is 0.842. The molecule has 0 spiro atoms. The van der Waals surface area contributed by atoms with E-state index >= 15 is 0 Å². The van der Waals surface area contributed by atoms with Crippen LogP contribution in [0.4, 0.5) is 0 Å². The molecule has 0 unspecified atom stereocenters. The smallest absolute Gasteiger partial charge is 0.152 e. The molecule has 0 aliphatic carbocycles. The molecule has 1 aromatic carbocycles. The lowest BCUT2D eigenvalue weighted by atomic mass is 10.2. The molecule has 0 fully saturated rings. The monoisotopic (exact) mass is 162 g/mol. The summed E-state index contributed by atoms with van der Waals surface area (Å²) in [4.78, 5) is 10.6. The summed E-state index contributed by atoms with van der Waals surface area (Å²) in [6, 6.07) is 6.73. The maximum absolute atomic E-state index is 10.6. The summed E-state index contributed by atoms with van der Waals surface area (Å²) in [6.07, 6.45) is 3.14. The molecule has 0 aromatic heterocycles. The first kappa shape index (κ1) is 8.53. The summed E-state index contributed by atoms with van der Waals surface area (Å²) >= 11 is 0. The fraction of sp³-hybridized carbons (Fsp3) is 0.100. The van der Waals surface area contributed by atoms with E-state index in [2.05, 4.69) is 0 Å². The van der Waals surface area contributed by atoms with Gasteiger partial charge in [0, 0.05) is 0 Å². The number of rotatable bonds is 2. The molecular weight excluding hydrogens is 152 g/mol. The van der Waals surface area contributed by atoms with Crippen molar-refractivity contribution >= 4 is 11.9 Å². The van der Waals surface area contributed by atoms with Crippen molar-refractivity contribution < 1.29 is 9.90 Å². The number of ketones is 1. The zero-order chi connectivity index (χ0) is 8.97. The van der Waals surface area contributed by atoms with Crippen LogP contribution in [0.3, 0.4) is 0 Å². The van der Waals surface area contributed by atoms with Crippen LogP contribution < -0.4 is 0 Å². The number of allylic oxidation sites excluding steroid dienone is 1. The van der Waals surface area contributed by atoms with Gasteiger partial charge in [0.15, 0.2) is 5.78 Å². The molecule has 0 saturated carbocycles. The molecule has 2 nitrogen and oxygen atoms in total. The highest BCUT2D eigenvalue weighted by atomic mass is 16.3. The molecule has 0 aliphatic rings. The van der Waals surface area contributed by atoms with E-state index in [1.165, 1.54) is 13.0 Å². The Hall–Kier alpha value is -1.57. The van der Waals surface area contributed by atoms with Crippen molar-refractivity contribution in [2.24, 2.45) is 0 Å². The third kappa shape index (κ3) is 2.58. The van der Waals surface area contributed by atoms with E-state index in [4.69, 9.17) is 5.11 Å². The Morgan fingerprint density at radius 3 is 2.83 bits per heavy atom. The highest BCUT2D eigenvalue weighted by molar-refractivity contribution is 5.91. The second-order valence-electron chi connectivity index (χ2n) is 2.54. The van der Waals surface area contributed by atoms with E-state index in [1.54, 1.807) is 24.3 Å². The van der Waals surface area contributed by atoms with Crippen molar-refractivity contribution in [1.29, 1.82) is 0 Å². The number of phenols is 1. The summed E-state index contributed by atoms with van der Waals surface area (Å²) in [5.74, 6) is 0.207. The fourth-order valence-electron chi connectivity index (χ4n) is 0.842. The minimum atomic E-state index is -0.00153. The summed E-state index contributed by atoms with van der Waals surface area (Å²) in [6.45, 7) is 1.49. The van der Waals surface area contributed by atoms with Crippen LogP contribution in [0.25, 0.3) is 6.08 Å². The molecule has 1 aromatic rings. The number of hydrogen-bond donors (Lipinski definition) is 1. The molecule has 1 rings (SSSR count). The van der Waals surface area contributed by atoms with E-state index < -0.39 is 0 Å². The van der Waals surface area contributed by atoms with Crippen LogP contribution in [0.15, 0.2) is 30.3 Å². The summed E-state index contributed by atoms with van der Waals surface area (Å²) in [5, 5.41) is 9.06. The zero-order valence-corrected chi connectivity index (χ0v) is 6.82. The lowest BCUT2D eigenvalue weighted by Crippen LogP contribution is -1.79. The Bertz CT molecular complexity index is 313. The molecule has 2 heteroatoms. The van der Waals surface area contributed by atoms with Gasteiger partial charge in [-0.1, -0.05) is 18.2 Å². The number of hydrogen-bond acceptors (Lipinski definition) is 2. The Morgan fingerprint density at radius 1 is 1.50 bits per heavy atom. The normalized spacial score (nSPS) is 10.4. The first-order valence-electron chi connectivity index (χ1n) is 3.66. The lowest BCUT2D eigenvalue weighted by molar-refractivity contribution is -0.112. The highest BCUT2D eigenvalue weighted by Gasteiger charge is 1.89. The van der Waals surface area contributed by atoms with Gasteiger partial charge in [-0.3, -0.25) is 4.79 Å². The Kier molecular flexibility index (Phi) is 2.64. The first-order valence-corrected chi connectivity index (χ1v) is 3.66. The van der Waals surface area contributed by atoms with E-state index in [0.717, 1.165) is 5.56 Å². The quantitative estimate of drug-likeness (QED) is 0.675. The molecule has 0 atom stereocenters. The van der Waals surface area contributed by atoms with Crippen molar-refractivity contribution in [3.8, 4) is 5.75 Å². The van der Waals surface area contributed by atoms with E-state index in [1.807, 2.05) is 6.07 Å². The summed E-state index contributed by atoms with van der Waals surface area (Å²) in [5.41, 5.74) is 0.824. The van der Waals surface area contributed by atoms with Gasteiger partial charge in [-0.05, 0) is 30.7 Å². The van der Waals surface area contributed by atoms with E-state index in [-0.39, 0.29) is 11.5 Å². The molecule has 0 aliphatic heterocycles. The number of benzene rings is 1. The third-order valence-corrected chi connectivity index (χ3v) is 1.38. The van der Waals surface area contributed by atoms with Crippen molar-refractivity contribution in [3.05, 3.63) is 35.9 Å². The Balaban J connectivity index is 2.83. The van der Waals surface area contributed by atoms with Crippen molar-refractivity contribution in [1.82, 2.24) is 0 Å². The second-order valence-corrected chi connectivity index (χ2v) is 2.54. The molecule has 1 N–H and O–H groups in total. The predicted octanol–water partition coefficient (Wildman–Crippen LogP) is 1.99. The van der Waals surface area contributed by atoms with Gasteiger partial charge in [-0.25, -0.2) is 0 Å². The molecule has 0 bridgehead atoms. The van der Waals surface area contributed by atoms with Gasteiger partial charge in [0.25, 0.3) is 0 Å². The number of aromatic hydroxyl groups is 1. The van der Waals surface area contributed by atoms with Crippen molar-refractivity contribution in [2.45, 2.75) is 6.92 Å². The van der Waals surface area contributed by atoms with Crippen molar-refractivity contribution in [3.63, 3.8) is 0 Å². The lowest BCUT2D eigenvalue weighted by Gasteiger charge is -1.93. The van der Waals surface area contributed by atoms with Gasteiger partial charge in [0.2, 0.25) is 0 Å². The van der Waals surface area contributed by atoms with Crippen LogP contribution in [0.1, 0.15) is 12.5 Å². The van der Waals surface area contributed by atoms with Gasteiger partial charge in [0.1, 0.15) is 5.75 Å². The molecular formula is C10H10O2. The molecule has 0 heterocycles. The largest absolute Gasteiger partial charge is 0.508 e. The van der Waals surface area contributed by atoms with Gasteiger partial charge in [0.05, 0.1) is 0 Å². The highest BCUT2D eigenvalue weighted by Crippen LogP contribution is 2.11.